The van der Waals surface area contributed by atoms with E-state index in [2.05, 4.69) is 35.0 Å². The molecule has 0 bridgehead atoms. The molecule has 0 radical (unpaired) electrons. The monoisotopic (exact) mass is 179 g/mol. The van der Waals surface area contributed by atoms with E-state index >= 15 is 0 Å². The number of hydrogen-bond acceptors (Lipinski definition) is 2. The second-order valence-electron chi connectivity index (χ2n) is 4.05. The van der Waals surface area contributed by atoms with Crippen molar-refractivity contribution < 1.29 is 0 Å². The lowest BCUT2D eigenvalue weighted by Gasteiger charge is -2.18. The fraction of sp³-hybridized carbons (Fsp3) is 0.700. The summed E-state index contributed by atoms with van der Waals surface area (Å²) in [5, 5.41) is 7.84. The van der Waals surface area contributed by atoms with Gasteiger partial charge >= 0.3 is 0 Å². The Labute approximate surface area is 79.1 Å². The number of rotatable bonds is 1. The molecule has 1 aromatic heterocycles. The average molecular weight is 179 g/mol. The SMILES string of the molecule is CC(C)C1Cc2ccnn2CCN1. The second kappa shape index (κ2) is 3.50. The van der Waals surface area contributed by atoms with Gasteiger partial charge in [0.25, 0.3) is 0 Å². The zero-order valence-corrected chi connectivity index (χ0v) is 8.33. The van der Waals surface area contributed by atoms with E-state index in [1.54, 1.807) is 0 Å². The summed E-state index contributed by atoms with van der Waals surface area (Å²) in [5.74, 6) is 0.696. The number of nitrogens with zero attached hydrogens (tertiary/aromatic N) is 2. The van der Waals surface area contributed by atoms with Gasteiger partial charge in [-0.05, 0) is 12.0 Å². The van der Waals surface area contributed by atoms with Gasteiger partial charge < -0.3 is 5.32 Å². The number of hydrogen-bond donors (Lipinski definition) is 1. The Bertz CT molecular complexity index is 277. The molecule has 0 spiro atoms. The molecule has 1 aromatic rings. The fourth-order valence-electron chi connectivity index (χ4n) is 1.86. The van der Waals surface area contributed by atoms with Gasteiger partial charge in [-0.1, -0.05) is 13.8 Å². The van der Waals surface area contributed by atoms with Gasteiger partial charge in [0.1, 0.15) is 0 Å². The molecule has 1 aliphatic rings. The third-order valence-electron chi connectivity index (χ3n) is 2.77. The van der Waals surface area contributed by atoms with E-state index in [4.69, 9.17) is 0 Å². The summed E-state index contributed by atoms with van der Waals surface area (Å²) < 4.78 is 2.11. The molecule has 0 amide bonds. The second-order valence-corrected chi connectivity index (χ2v) is 4.05. The van der Waals surface area contributed by atoms with Gasteiger partial charge in [0.15, 0.2) is 0 Å². The van der Waals surface area contributed by atoms with Crippen molar-refractivity contribution >= 4 is 0 Å². The van der Waals surface area contributed by atoms with Crippen LogP contribution in [0.3, 0.4) is 0 Å². The van der Waals surface area contributed by atoms with Crippen molar-refractivity contribution in [2.24, 2.45) is 5.92 Å². The maximum atomic E-state index is 4.29. The third kappa shape index (κ3) is 1.75. The Morgan fingerprint density at radius 3 is 3.23 bits per heavy atom. The number of aromatic nitrogens is 2. The summed E-state index contributed by atoms with van der Waals surface area (Å²) in [4.78, 5) is 0. The molecule has 3 heteroatoms. The molecule has 0 aliphatic carbocycles. The van der Waals surface area contributed by atoms with E-state index in [0.717, 1.165) is 19.5 Å². The smallest absolute Gasteiger partial charge is 0.0537 e. The molecule has 0 saturated carbocycles. The Hall–Kier alpha value is -0.830. The molecule has 72 valence electrons. The molecule has 1 atom stereocenters. The molecule has 0 aromatic carbocycles. The van der Waals surface area contributed by atoms with Gasteiger partial charge in [-0.25, -0.2) is 0 Å². The van der Waals surface area contributed by atoms with Crippen LogP contribution in [0.2, 0.25) is 0 Å². The van der Waals surface area contributed by atoms with E-state index in [0.29, 0.717) is 12.0 Å². The van der Waals surface area contributed by atoms with Crippen molar-refractivity contribution in [2.75, 3.05) is 6.54 Å². The Kier molecular flexibility index (Phi) is 2.36. The molecule has 1 N–H and O–H groups in total. The summed E-state index contributed by atoms with van der Waals surface area (Å²) >= 11 is 0. The highest BCUT2D eigenvalue weighted by atomic mass is 15.3. The van der Waals surface area contributed by atoms with Crippen LogP contribution in [0.25, 0.3) is 0 Å². The quantitative estimate of drug-likeness (QED) is 0.698. The highest BCUT2D eigenvalue weighted by Crippen LogP contribution is 2.12. The van der Waals surface area contributed by atoms with E-state index in [-0.39, 0.29) is 0 Å². The van der Waals surface area contributed by atoms with Crippen LogP contribution in [-0.4, -0.2) is 22.4 Å². The van der Waals surface area contributed by atoms with Gasteiger partial charge in [0, 0.05) is 30.9 Å². The van der Waals surface area contributed by atoms with Crippen LogP contribution in [-0.2, 0) is 13.0 Å². The van der Waals surface area contributed by atoms with Crippen LogP contribution in [0.1, 0.15) is 19.5 Å². The minimum atomic E-state index is 0.609. The highest BCUT2D eigenvalue weighted by Gasteiger charge is 2.18. The van der Waals surface area contributed by atoms with Crippen LogP contribution >= 0.6 is 0 Å². The van der Waals surface area contributed by atoms with Crippen LogP contribution < -0.4 is 5.32 Å². The topological polar surface area (TPSA) is 29.9 Å². The van der Waals surface area contributed by atoms with E-state index < -0.39 is 0 Å². The summed E-state index contributed by atoms with van der Waals surface area (Å²) in [6.07, 6.45) is 3.01. The lowest BCUT2D eigenvalue weighted by molar-refractivity contribution is 0.407. The Balaban J connectivity index is 2.17. The first-order valence-electron chi connectivity index (χ1n) is 5.01. The molecule has 3 nitrogen and oxygen atoms in total. The zero-order valence-electron chi connectivity index (χ0n) is 8.33. The van der Waals surface area contributed by atoms with Gasteiger partial charge in [-0.3, -0.25) is 4.68 Å². The van der Waals surface area contributed by atoms with Gasteiger partial charge in [-0.2, -0.15) is 5.10 Å². The number of fused-ring (bicyclic) bond motifs is 1. The normalized spacial score (nSPS) is 22.8. The predicted molar refractivity (Wildman–Crippen MR) is 52.6 cm³/mol. The first kappa shape index (κ1) is 8.75. The van der Waals surface area contributed by atoms with Crippen molar-refractivity contribution in [2.45, 2.75) is 32.9 Å². The molecule has 13 heavy (non-hydrogen) atoms. The summed E-state index contributed by atoms with van der Waals surface area (Å²) in [5.41, 5.74) is 1.36. The highest BCUT2D eigenvalue weighted by molar-refractivity contribution is 5.05. The van der Waals surface area contributed by atoms with Crippen molar-refractivity contribution in [1.82, 2.24) is 15.1 Å². The summed E-state index contributed by atoms with van der Waals surface area (Å²) in [7, 11) is 0. The number of nitrogens with one attached hydrogen (secondary N) is 1. The molecule has 0 fully saturated rings. The van der Waals surface area contributed by atoms with Gasteiger partial charge in [-0.15, -0.1) is 0 Å². The van der Waals surface area contributed by atoms with Crippen LogP contribution in [0.15, 0.2) is 12.3 Å². The lowest BCUT2D eigenvalue weighted by atomic mass is 10.00. The van der Waals surface area contributed by atoms with E-state index in [1.807, 2.05) is 6.20 Å². The largest absolute Gasteiger partial charge is 0.311 e. The molecular weight excluding hydrogens is 162 g/mol. The van der Waals surface area contributed by atoms with Gasteiger partial charge in [0.2, 0.25) is 0 Å². The van der Waals surface area contributed by atoms with Crippen molar-refractivity contribution in [1.29, 1.82) is 0 Å². The minimum Gasteiger partial charge on any atom is -0.311 e. The van der Waals surface area contributed by atoms with Crippen molar-refractivity contribution in [3.05, 3.63) is 18.0 Å². The molecule has 1 aliphatic heterocycles. The predicted octanol–water partition coefficient (Wildman–Crippen LogP) is 1.05. The first-order valence-corrected chi connectivity index (χ1v) is 5.01. The molecule has 2 heterocycles. The lowest BCUT2D eigenvalue weighted by Crippen LogP contribution is -2.35. The Morgan fingerprint density at radius 2 is 2.46 bits per heavy atom. The molecule has 0 saturated heterocycles. The maximum Gasteiger partial charge on any atom is 0.0537 e. The molecule has 1 unspecified atom stereocenters. The van der Waals surface area contributed by atoms with Crippen LogP contribution in [0, 0.1) is 5.92 Å². The first-order chi connectivity index (χ1) is 6.27. The van der Waals surface area contributed by atoms with Crippen LogP contribution in [0.5, 0.6) is 0 Å². The average Bonchev–Trinajstić information content (AvgIpc) is 2.42. The van der Waals surface area contributed by atoms with E-state index in [9.17, 15) is 0 Å². The van der Waals surface area contributed by atoms with E-state index in [1.165, 1.54) is 5.69 Å². The molecule has 2 rings (SSSR count). The maximum absolute atomic E-state index is 4.29. The fourth-order valence-corrected chi connectivity index (χ4v) is 1.86. The standard InChI is InChI=1S/C10H17N3/c1-8(2)10-7-9-3-4-12-13(9)6-5-11-10/h3-4,8,10-11H,5-7H2,1-2H3. The minimum absolute atomic E-state index is 0.609. The summed E-state index contributed by atoms with van der Waals surface area (Å²) in [6.45, 7) is 6.58. The van der Waals surface area contributed by atoms with Crippen molar-refractivity contribution in [3.8, 4) is 0 Å². The van der Waals surface area contributed by atoms with Crippen molar-refractivity contribution in [3.63, 3.8) is 0 Å². The zero-order chi connectivity index (χ0) is 9.26. The third-order valence-corrected chi connectivity index (χ3v) is 2.77. The molecular formula is C10H17N3. The van der Waals surface area contributed by atoms with Gasteiger partial charge in [0.05, 0.1) is 6.54 Å². The Morgan fingerprint density at radius 1 is 1.62 bits per heavy atom. The van der Waals surface area contributed by atoms with Crippen LogP contribution in [0.4, 0.5) is 0 Å². The summed E-state index contributed by atoms with van der Waals surface area (Å²) in [6, 6.07) is 2.74.